The molecule has 236 valence electrons. The van der Waals surface area contributed by atoms with Crippen LogP contribution in [-0.2, 0) is 31.2 Å². The minimum Gasteiger partial charge on any atom is -0.463 e. The lowest BCUT2D eigenvalue weighted by atomic mass is 9.50. The van der Waals surface area contributed by atoms with Gasteiger partial charge in [0.2, 0.25) is 23.6 Å². The highest BCUT2D eigenvalue weighted by atomic mass is 79.9. The number of hydrogen-bond acceptors (Lipinski definition) is 6. The average molecular weight is 712 g/mol. The minimum atomic E-state index is -1.43. The second-order valence-corrected chi connectivity index (χ2v) is 13.9. The Balaban J connectivity index is 1.34. The molecular weight excluding hydrogens is 684 g/mol. The molecule has 2 aliphatic carbocycles. The summed E-state index contributed by atoms with van der Waals surface area (Å²) in [4.78, 5) is 60.5. The first kappa shape index (κ1) is 30.1. The van der Waals surface area contributed by atoms with Crippen molar-refractivity contribution in [2.45, 2.75) is 30.8 Å². The van der Waals surface area contributed by atoms with E-state index in [4.69, 9.17) is 16.0 Å². The van der Waals surface area contributed by atoms with Gasteiger partial charge in [-0.05, 0) is 78.9 Å². The highest BCUT2D eigenvalue weighted by Gasteiger charge is 2.71. The van der Waals surface area contributed by atoms with Crippen molar-refractivity contribution in [1.82, 2.24) is 0 Å². The van der Waals surface area contributed by atoms with E-state index in [0.29, 0.717) is 39.9 Å². The molecule has 10 heteroatoms. The third-order valence-corrected chi connectivity index (χ3v) is 11.1. The van der Waals surface area contributed by atoms with Crippen molar-refractivity contribution in [3.8, 4) is 0 Å². The summed E-state index contributed by atoms with van der Waals surface area (Å²) in [6.45, 7) is -0.349. The molecule has 0 unspecified atom stereocenters. The SMILES string of the molecule is O=C1[C@H]2[C@H](CC=C3[C@H]2C[C@H]2C(=O)N(c4cccc(Cl)c4)C(=O)[C@@]2(c2ccccc2)[C@H]3c2ccc(CO)o2)C(=O)N1c1ccc(Br)cc1. The molecule has 1 aromatic heterocycles. The van der Waals surface area contributed by atoms with Gasteiger partial charge in [-0.3, -0.25) is 24.1 Å². The number of carbonyl (C=O) groups excluding carboxylic acids is 4. The predicted octanol–water partition coefficient (Wildman–Crippen LogP) is 6.55. The highest BCUT2D eigenvalue weighted by Crippen LogP contribution is 2.64. The van der Waals surface area contributed by atoms with Crippen LogP contribution in [-0.4, -0.2) is 28.7 Å². The Morgan fingerprint density at radius 1 is 0.830 bits per heavy atom. The van der Waals surface area contributed by atoms with Gasteiger partial charge in [-0.15, -0.1) is 0 Å². The fourth-order valence-corrected chi connectivity index (χ4v) is 8.98. The van der Waals surface area contributed by atoms with Crippen LogP contribution in [0.4, 0.5) is 11.4 Å². The second kappa shape index (κ2) is 11.1. The molecule has 0 spiro atoms. The molecule has 47 heavy (non-hydrogen) atoms. The van der Waals surface area contributed by atoms with Crippen molar-refractivity contribution in [3.63, 3.8) is 0 Å². The van der Waals surface area contributed by atoms with Gasteiger partial charge in [-0.1, -0.05) is 75.6 Å². The number of halogens is 2. The maximum Gasteiger partial charge on any atom is 0.246 e. The van der Waals surface area contributed by atoms with Gasteiger partial charge in [0.1, 0.15) is 23.5 Å². The molecule has 1 N–H and O–H groups in total. The quantitative estimate of drug-likeness (QED) is 0.186. The summed E-state index contributed by atoms with van der Waals surface area (Å²) in [6.07, 6.45) is 2.46. The fourth-order valence-electron chi connectivity index (χ4n) is 8.53. The minimum absolute atomic E-state index is 0.181. The van der Waals surface area contributed by atoms with Crippen LogP contribution in [0.2, 0.25) is 5.02 Å². The zero-order chi connectivity index (χ0) is 32.6. The Labute approximate surface area is 283 Å². The van der Waals surface area contributed by atoms with Crippen molar-refractivity contribution in [3.05, 3.63) is 129 Å². The van der Waals surface area contributed by atoms with E-state index in [-0.39, 0.29) is 24.8 Å². The molecule has 0 bridgehead atoms. The first-order valence-electron chi connectivity index (χ1n) is 15.5. The van der Waals surface area contributed by atoms with Gasteiger partial charge in [-0.2, -0.15) is 0 Å². The lowest BCUT2D eigenvalue weighted by Gasteiger charge is -2.49. The maximum absolute atomic E-state index is 15.1. The number of aliphatic hydroxyl groups is 1. The van der Waals surface area contributed by atoms with E-state index >= 15 is 4.79 Å². The van der Waals surface area contributed by atoms with Crippen LogP contribution < -0.4 is 9.80 Å². The standard InChI is InChI=1S/C37H28BrClN2O6/c38-21-9-11-23(12-10-21)40-33(43)27-15-14-26-28(31(27)35(40)45)18-29-34(44)41(24-8-4-7-22(39)17-24)36(46)37(29,20-5-2-1-3-6-20)32(26)30-16-13-25(19-42)47-30/h1-14,16-17,27-29,31-32,42H,15,18-19H2/t27-,28+,29-,31-,32+,37+/m0/s1. The topological polar surface area (TPSA) is 108 Å². The van der Waals surface area contributed by atoms with Gasteiger partial charge in [0.15, 0.2) is 0 Å². The molecule has 8 nitrogen and oxygen atoms in total. The Bertz CT molecular complexity index is 1990. The van der Waals surface area contributed by atoms with Crippen molar-refractivity contribution >= 4 is 62.5 Å². The van der Waals surface area contributed by atoms with E-state index in [1.807, 2.05) is 36.4 Å². The normalized spacial score (nSPS) is 28.3. The van der Waals surface area contributed by atoms with E-state index < -0.39 is 46.8 Å². The van der Waals surface area contributed by atoms with Crippen molar-refractivity contribution in [2.24, 2.45) is 23.7 Å². The molecule has 2 saturated heterocycles. The van der Waals surface area contributed by atoms with Gasteiger partial charge in [0.05, 0.1) is 35.0 Å². The maximum atomic E-state index is 15.1. The van der Waals surface area contributed by atoms with E-state index in [9.17, 15) is 19.5 Å². The van der Waals surface area contributed by atoms with Gasteiger partial charge in [0, 0.05) is 9.50 Å². The number of allylic oxidation sites excluding steroid dienone is 2. The number of rotatable bonds is 5. The molecule has 3 heterocycles. The fraction of sp³-hybridized carbons (Fsp3) is 0.243. The van der Waals surface area contributed by atoms with Crippen LogP contribution in [0.3, 0.4) is 0 Å². The van der Waals surface area contributed by atoms with Crippen molar-refractivity contribution in [1.29, 1.82) is 0 Å². The molecule has 6 atom stereocenters. The number of nitrogens with zero attached hydrogens (tertiary/aromatic N) is 2. The van der Waals surface area contributed by atoms with Crippen LogP contribution >= 0.6 is 27.5 Å². The summed E-state index contributed by atoms with van der Waals surface area (Å²) in [7, 11) is 0. The molecule has 0 radical (unpaired) electrons. The van der Waals surface area contributed by atoms with Crippen LogP contribution in [0.5, 0.6) is 0 Å². The summed E-state index contributed by atoms with van der Waals surface area (Å²) in [6, 6.07) is 26.3. The number of aliphatic hydroxyl groups excluding tert-OH is 1. The van der Waals surface area contributed by atoms with Crippen LogP contribution in [0, 0.1) is 23.7 Å². The van der Waals surface area contributed by atoms with Crippen LogP contribution in [0.25, 0.3) is 0 Å². The van der Waals surface area contributed by atoms with Crippen LogP contribution in [0.1, 0.15) is 35.8 Å². The summed E-state index contributed by atoms with van der Waals surface area (Å²) >= 11 is 9.78. The number of fused-ring (bicyclic) bond motifs is 4. The molecule has 4 aromatic rings. The molecule has 3 aromatic carbocycles. The number of anilines is 2. The third-order valence-electron chi connectivity index (χ3n) is 10.4. The van der Waals surface area contributed by atoms with Gasteiger partial charge >= 0.3 is 0 Å². The molecule has 2 aliphatic heterocycles. The van der Waals surface area contributed by atoms with Crippen molar-refractivity contribution in [2.75, 3.05) is 9.80 Å². The predicted molar refractivity (Wildman–Crippen MR) is 177 cm³/mol. The zero-order valence-electron chi connectivity index (χ0n) is 24.9. The summed E-state index contributed by atoms with van der Waals surface area (Å²) in [5, 5.41) is 10.3. The number of carbonyl (C=O) groups is 4. The number of furan rings is 1. The van der Waals surface area contributed by atoms with E-state index in [1.165, 1.54) is 9.80 Å². The molecule has 3 fully saturated rings. The largest absolute Gasteiger partial charge is 0.463 e. The summed E-state index contributed by atoms with van der Waals surface area (Å²) < 4.78 is 7.04. The molecule has 1 saturated carbocycles. The smallest absolute Gasteiger partial charge is 0.246 e. The number of amides is 4. The second-order valence-electron chi connectivity index (χ2n) is 12.5. The Kier molecular flexibility index (Phi) is 7.13. The Hall–Kier alpha value is -4.31. The van der Waals surface area contributed by atoms with E-state index in [2.05, 4.69) is 15.9 Å². The van der Waals surface area contributed by atoms with E-state index in [0.717, 1.165) is 10.0 Å². The lowest BCUT2D eigenvalue weighted by molar-refractivity contribution is -0.127. The van der Waals surface area contributed by atoms with Crippen LogP contribution in [0.15, 0.2) is 112 Å². The molecule has 8 rings (SSSR count). The average Bonchev–Trinajstić information content (AvgIpc) is 3.72. The third kappa shape index (κ3) is 4.29. The van der Waals surface area contributed by atoms with E-state index in [1.54, 1.807) is 60.7 Å². The molecular formula is C37H28BrClN2O6. The first-order chi connectivity index (χ1) is 22.7. The monoisotopic (exact) mass is 710 g/mol. The Morgan fingerprint density at radius 2 is 1.60 bits per heavy atom. The summed E-state index contributed by atoms with van der Waals surface area (Å²) in [5.74, 6) is -4.22. The highest BCUT2D eigenvalue weighted by molar-refractivity contribution is 9.10. The number of hydrogen-bond donors (Lipinski definition) is 1. The summed E-state index contributed by atoms with van der Waals surface area (Å²) in [5.41, 5.74) is 0.847. The lowest BCUT2D eigenvalue weighted by Crippen LogP contribution is -2.53. The van der Waals surface area contributed by atoms with Crippen molar-refractivity contribution < 1.29 is 28.7 Å². The van der Waals surface area contributed by atoms with Gasteiger partial charge in [-0.25, -0.2) is 4.90 Å². The van der Waals surface area contributed by atoms with Gasteiger partial charge in [0.25, 0.3) is 0 Å². The zero-order valence-corrected chi connectivity index (χ0v) is 27.2. The molecule has 4 aliphatic rings. The molecule has 4 amide bonds. The number of benzene rings is 3. The first-order valence-corrected chi connectivity index (χ1v) is 16.6. The Morgan fingerprint density at radius 3 is 2.30 bits per heavy atom. The number of imide groups is 2. The van der Waals surface area contributed by atoms with Gasteiger partial charge < -0.3 is 9.52 Å².